The van der Waals surface area contributed by atoms with Crippen molar-refractivity contribution in [1.29, 1.82) is 0 Å². The maximum absolute atomic E-state index is 5.34. The number of benzene rings is 11. The predicted octanol–water partition coefficient (Wildman–Crippen LogP) is 17.2. The van der Waals surface area contributed by atoms with E-state index in [1.165, 1.54) is 43.8 Å². The average molecular weight is 918 g/mol. The molecular formula is C67H43N5. The summed E-state index contributed by atoms with van der Waals surface area (Å²) in [6.07, 6.45) is 0. The van der Waals surface area contributed by atoms with E-state index in [0.29, 0.717) is 17.5 Å². The van der Waals surface area contributed by atoms with Crippen LogP contribution in [-0.4, -0.2) is 24.1 Å². The van der Waals surface area contributed by atoms with Crippen LogP contribution < -0.4 is 0 Å². The summed E-state index contributed by atoms with van der Waals surface area (Å²) in [5, 5.41) is 7.08. The van der Waals surface area contributed by atoms with Gasteiger partial charge in [0, 0.05) is 49.5 Å². The zero-order chi connectivity index (χ0) is 47.5. The topological polar surface area (TPSA) is 48.5 Å². The van der Waals surface area contributed by atoms with E-state index in [9.17, 15) is 0 Å². The Morgan fingerprint density at radius 1 is 0.250 bits per heavy atom. The van der Waals surface area contributed by atoms with Crippen LogP contribution >= 0.6 is 0 Å². The van der Waals surface area contributed by atoms with Crippen molar-refractivity contribution in [2.45, 2.75) is 0 Å². The molecule has 11 aromatic carbocycles. The molecule has 72 heavy (non-hydrogen) atoms. The van der Waals surface area contributed by atoms with Crippen LogP contribution in [0.25, 0.3) is 133 Å². The first-order chi connectivity index (χ1) is 35.7. The molecule has 0 saturated carbocycles. The normalized spacial score (nSPS) is 11.6. The van der Waals surface area contributed by atoms with Crippen molar-refractivity contribution >= 4 is 54.4 Å². The molecule has 0 spiro atoms. The third kappa shape index (κ3) is 6.98. The summed E-state index contributed by atoms with van der Waals surface area (Å²) < 4.78 is 4.78. The molecule has 14 aromatic rings. The summed E-state index contributed by atoms with van der Waals surface area (Å²) >= 11 is 0. The first kappa shape index (κ1) is 41.3. The van der Waals surface area contributed by atoms with Gasteiger partial charge in [-0.1, -0.05) is 200 Å². The van der Waals surface area contributed by atoms with Crippen molar-refractivity contribution in [2.24, 2.45) is 0 Å². The lowest BCUT2D eigenvalue weighted by atomic mass is 9.95. The van der Waals surface area contributed by atoms with Gasteiger partial charge in [-0.3, -0.25) is 0 Å². The van der Waals surface area contributed by atoms with Crippen LogP contribution in [0.5, 0.6) is 0 Å². The minimum absolute atomic E-state index is 0.602. The summed E-state index contributed by atoms with van der Waals surface area (Å²) in [6, 6.07) is 93.0. The fraction of sp³-hybridized carbons (Fsp3) is 0. The van der Waals surface area contributed by atoms with E-state index >= 15 is 0 Å². The molecule has 3 aromatic heterocycles. The average Bonchev–Trinajstić information content (AvgIpc) is 3.98. The molecule has 0 unspecified atom stereocenters. The Balaban J connectivity index is 0.940. The van der Waals surface area contributed by atoms with Gasteiger partial charge in [0.15, 0.2) is 17.5 Å². The van der Waals surface area contributed by atoms with Gasteiger partial charge in [-0.2, -0.15) is 0 Å². The minimum Gasteiger partial charge on any atom is -0.309 e. The highest BCUT2D eigenvalue weighted by atomic mass is 15.0. The van der Waals surface area contributed by atoms with Gasteiger partial charge in [-0.05, 0) is 99.3 Å². The zero-order valence-electron chi connectivity index (χ0n) is 39.1. The quantitative estimate of drug-likeness (QED) is 0.153. The predicted molar refractivity (Wildman–Crippen MR) is 299 cm³/mol. The van der Waals surface area contributed by atoms with Gasteiger partial charge in [0.2, 0.25) is 0 Å². The van der Waals surface area contributed by atoms with Gasteiger partial charge in [0.05, 0.1) is 27.8 Å². The van der Waals surface area contributed by atoms with Crippen LogP contribution in [0.1, 0.15) is 0 Å². The van der Waals surface area contributed by atoms with E-state index in [0.717, 1.165) is 72.1 Å². The molecule has 0 aliphatic rings. The van der Waals surface area contributed by atoms with Crippen LogP contribution in [0.15, 0.2) is 261 Å². The summed E-state index contributed by atoms with van der Waals surface area (Å²) in [6.45, 7) is 0. The van der Waals surface area contributed by atoms with E-state index < -0.39 is 0 Å². The Morgan fingerprint density at radius 2 is 0.750 bits per heavy atom. The second-order valence-electron chi connectivity index (χ2n) is 18.4. The smallest absolute Gasteiger partial charge is 0.164 e. The maximum Gasteiger partial charge on any atom is 0.164 e. The number of para-hydroxylation sites is 3. The Kier molecular flexibility index (Phi) is 9.78. The Bertz CT molecular complexity index is 4310. The van der Waals surface area contributed by atoms with Crippen molar-refractivity contribution in [2.75, 3.05) is 0 Å². The number of fused-ring (bicyclic) bond motifs is 7. The third-order valence-electron chi connectivity index (χ3n) is 14.2. The van der Waals surface area contributed by atoms with E-state index in [1.807, 2.05) is 18.2 Å². The number of hydrogen-bond acceptors (Lipinski definition) is 3. The van der Waals surface area contributed by atoms with Crippen LogP contribution in [0.4, 0.5) is 0 Å². The molecule has 0 aliphatic heterocycles. The van der Waals surface area contributed by atoms with Gasteiger partial charge < -0.3 is 9.13 Å². The highest BCUT2D eigenvalue weighted by molar-refractivity contribution is 6.17. The number of hydrogen-bond donors (Lipinski definition) is 0. The summed E-state index contributed by atoms with van der Waals surface area (Å²) in [4.78, 5) is 15.8. The molecule has 0 amide bonds. The number of aromatic nitrogens is 5. The van der Waals surface area contributed by atoms with Crippen molar-refractivity contribution < 1.29 is 0 Å². The Labute approximate surface area is 416 Å². The number of rotatable bonds is 8. The fourth-order valence-electron chi connectivity index (χ4n) is 10.8. The van der Waals surface area contributed by atoms with Crippen LogP contribution in [0.2, 0.25) is 0 Å². The molecule has 0 fully saturated rings. The summed E-state index contributed by atoms with van der Waals surface area (Å²) in [5.41, 5.74) is 16.5. The van der Waals surface area contributed by atoms with Crippen molar-refractivity contribution in [3.63, 3.8) is 0 Å². The van der Waals surface area contributed by atoms with Crippen LogP contribution in [0.3, 0.4) is 0 Å². The summed E-state index contributed by atoms with van der Waals surface area (Å²) in [5.74, 6) is 1.83. The molecule has 0 saturated heterocycles. The van der Waals surface area contributed by atoms with E-state index in [-0.39, 0.29) is 0 Å². The first-order valence-corrected chi connectivity index (χ1v) is 24.4. The second-order valence-corrected chi connectivity index (χ2v) is 18.4. The molecule has 5 heteroatoms. The van der Waals surface area contributed by atoms with Gasteiger partial charge in [-0.15, -0.1) is 0 Å². The monoisotopic (exact) mass is 917 g/mol. The van der Waals surface area contributed by atoms with E-state index in [1.54, 1.807) is 0 Å². The number of nitrogens with zero attached hydrogens (tertiary/aromatic N) is 5. The SMILES string of the molecule is c1ccc(-c2ccc3c(c2)c2c(-c4ccc5ccc(-c6nc(-c7ccccc7)nc(-c7ccc(-c8ccccc8)c(-n8c9ccccc9c9ccccc98)c7)n6)cc5c4)cccc2n3-c2ccccc2)cc1. The first-order valence-electron chi connectivity index (χ1n) is 24.4. The standard InChI is InChI=1S/C67H43N5/c1-5-18-44(19-6-1)48-37-39-61-58(42-48)64-55(28-17-31-62(64)71(61)53-24-11-4-12-25-53)49-34-32-45-33-35-50(41-52(45)40-49)66-68-65(47-22-9-3-10-23-47)69-67(70-66)51-36-38-54(46-20-7-2-8-21-46)63(43-51)72-59-29-15-13-26-56(59)57-27-14-16-30-60(57)72/h1-43H. The van der Waals surface area contributed by atoms with Crippen LogP contribution in [-0.2, 0) is 0 Å². The lowest BCUT2D eigenvalue weighted by Crippen LogP contribution is -2.02. The molecule has 3 heterocycles. The third-order valence-corrected chi connectivity index (χ3v) is 14.2. The van der Waals surface area contributed by atoms with Gasteiger partial charge in [-0.25, -0.2) is 15.0 Å². The Hall–Kier alpha value is -9.71. The summed E-state index contributed by atoms with van der Waals surface area (Å²) in [7, 11) is 0. The lowest BCUT2D eigenvalue weighted by molar-refractivity contribution is 1.07. The molecule has 0 radical (unpaired) electrons. The van der Waals surface area contributed by atoms with Gasteiger partial charge in [0.1, 0.15) is 0 Å². The molecule has 5 nitrogen and oxygen atoms in total. The zero-order valence-corrected chi connectivity index (χ0v) is 39.1. The molecule has 0 atom stereocenters. The maximum atomic E-state index is 5.34. The largest absolute Gasteiger partial charge is 0.309 e. The van der Waals surface area contributed by atoms with Gasteiger partial charge >= 0.3 is 0 Å². The molecule has 0 N–H and O–H groups in total. The molecule has 0 bridgehead atoms. The van der Waals surface area contributed by atoms with Crippen molar-refractivity contribution in [3.05, 3.63) is 261 Å². The second kappa shape index (κ2) is 17.1. The van der Waals surface area contributed by atoms with Crippen molar-refractivity contribution in [3.8, 4) is 78.9 Å². The molecular weight excluding hydrogens is 875 g/mol. The van der Waals surface area contributed by atoms with Crippen molar-refractivity contribution in [1.82, 2.24) is 24.1 Å². The molecule has 14 rings (SSSR count). The van der Waals surface area contributed by atoms with E-state index in [2.05, 4.69) is 252 Å². The highest BCUT2D eigenvalue weighted by Gasteiger charge is 2.21. The van der Waals surface area contributed by atoms with Gasteiger partial charge in [0.25, 0.3) is 0 Å². The highest BCUT2D eigenvalue weighted by Crippen LogP contribution is 2.42. The van der Waals surface area contributed by atoms with Crippen LogP contribution in [0, 0.1) is 0 Å². The minimum atomic E-state index is 0.602. The van der Waals surface area contributed by atoms with E-state index in [4.69, 9.17) is 15.0 Å². The molecule has 0 aliphatic carbocycles. The Morgan fingerprint density at radius 3 is 1.43 bits per heavy atom. The fourth-order valence-corrected chi connectivity index (χ4v) is 10.8. The molecule has 336 valence electrons. The lowest BCUT2D eigenvalue weighted by Gasteiger charge is -2.16.